The second kappa shape index (κ2) is 10.7. The van der Waals surface area contributed by atoms with E-state index in [0.717, 1.165) is 22.1 Å². The minimum Gasteiger partial charge on any atom is -0.355 e. The van der Waals surface area contributed by atoms with Crippen LogP contribution in [0, 0.1) is 12.8 Å². The quantitative estimate of drug-likeness (QED) is 0.595. The summed E-state index contributed by atoms with van der Waals surface area (Å²) in [5.74, 6) is 1.56. The monoisotopic (exact) mass is 466 g/mol. The average molecular weight is 467 g/mol. The van der Waals surface area contributed by atoms with Crippen LogP contribution in [0.3, 0.4) is 0 Å². The number of hydrogen-bond donors (Lipinski definition) is 1. The number of hydrogen-bond acceptors (Lipinski definition) is 4. The Kier molecular flexibility index (Phi) is 8.22. The minimum absolute atomic E-state index is 0.0192. The van der Waals surface area contributed by atoms with Crippen molar-refractivity contribution >= 4 is 39.3 Å². The summed E-state index contributed by atoms with van der Waals surface area (Å²) in [4.78, 5) is 12.7. The number of carbonyl (C=O) groups is 1. The zero-order valence-corrected chi connectivity index (χ0v) is 19.4. The molecule has 0 radical (unpaired) electrons. The molecule has 1 saturated heterocycles. The Bertz CT molecular complexity index is 957. The molecule has 0 aromatic heterocycles. The van der Waals surface area contributed by atoms with Gasteiger partial charge in [0.05, 0.1) is 4.90 Å². The lowest BCUT2D eigenvalue weighted by molar-refractivity contribution is -0.125. The first-order valence-electron chi connectivity index (χ1n) is 10.0. The predicted molar refractivity (Wildman–Crippen MR) is 123 cm³/mol. The summed E-state index contributed by atoms with van der Waals surface area (Å²) in [5, 5.41) is 3.72. The number of halogens is 1. The molecule has 0 aliphatic carbocycles. The van der Waals surface area contributed by atoms with Gasteiger partial charge in [0.15, 0.2) is 0 Å². The molecule has 2 aromatic carbocycles. The van der Waals surface area contributed by atoms with Crippen LogP contribution >= 0.6 is 23.4 Å². The van der Waals surface area contributed by atoms with Crippen molar-refractivity contribution in [2.24, 2.45) is 5.92 Å². The maximum Gasteiger partial charge on any atom is 0.243 e. The molecule has 1 fully saturated rings. The fourth-order valence-electron chi connectivity index (χ4n) is 3.43. The van der Waals surface area contributed by atoms with Gasteiger partial charge >= 0.3 is 0 Å². The van der Waals surface area contributed by atoms with Crippen molar-refractivity contribution in [1.29, 1.82) is 0 Å². The number of sulfonamides is 1. The van der Waals surface area contributed by atoms with Crippen LogP contribution in [-0.2, 0) is 20.6 Å². The SMILES string of the molecule is Cc1ccc(S(=O)(=O)N2CCC(C(=O)NCCSCc3cccc(Cl)c3)CC2)cc1. The van der Waals surface area contributed by atoms with Crippen molar-refractivity contribution in [3.05, 3.63) is 64.7 Å². The van der Waals surface area contributed by atoms with Gasteiger partial charge < -0.3 is 5.32 Å². The van der Waals surface area contributed by atoms with Crippen molar-refractivity contribution in [3.8, 4) is 0 Å². The Morgan fingerprint density at radius 2 is 1.87 bits per heavy atom. The van der Waals surface area contributed by atoms with Gasteiger partial charge in [0.25, 0.3) is 0 Å². The first-order chi connectivity index (χ1) is 14.4. The van der Waals surface area contributed by atoms with Crippen LogP contribution in [-0.4, -0.2) is 44.0 Å². The molecule has 8 heteroatoms. The minimum atomic E-state index is -3.49. The maximum atomic E-state index is 12.8. The molecule has 0 atom stereocenters. The zero-order chi connectivity index (χ0) is 21.6. The van der Waals surface area contributed by atoms with Gasteiger partial charge in [0.1, 0.15) is 0 Å². The smallest absolute Gasteiger partial charge is 0.243 e. The molecule has 1 aliphatic heterocycles. The van der Waals surface area contributed by atoms with Crippen molar-refractivity contribution in [2.45, 2.75) is 30.4 Å². The Labute approximate surface area is 188 Å². The van der Waals surface area contributed by atoms with Gasteiger partial charge in [-0.15, -0.1) is 0 Å². The molecule has 1 aliphatic rings. The summed E-state index contributed by atoms with van der Waals surface area (Å²) in [5.41, 5.74) is 2.19. The molecule has 1 amide bonds. The van der Waals surface area contributed by atoms with Gasteiger partial charge in [-0.3, -0.25) is 4.79 Å². The number of rotatable bonds is 8. The fraction of sp³-hybridized carbons (Fsp3) is 0.409. The first kappa shape index (κ1) is 23.1. The number of benzene rings is 2. The number of nitrogens with zero attached hydrogens (tertiary/aromatic N) is 1. The van der Waals surface area contributed by atoms with Gasteiger partial charge in [-0.2, -0.15) is 16.1 Å². The lowest BCUT2D eigenvalue weighted by Gasteiger charge is -2.30. The van der Waals surface area contributed by atoms with Gasteiger partial charge in [-0.05, 0) is 49.6 Å². The number of thioether (sulfide) groups is 1. The zero-order valence-electron chi connectivity index (χ0n) is 17.0. The van der Waals surface area contributed by atoms with Crippen LogP contribution in [0.15, 0.2) is 53.4 Å². The number of amides is 1. The Balaban J connectivity index is 1.39. The second-order valence-corrected chi connectivity index (χ2v) is 10.9. The fourth-order valence-corrected chi connectivity index (χ4v) is 5.91. The molecule has 0 unspecified atom stereocenters. The Morgan fingerprint density at radius 3 is 2.53 bits per heavy atom. The summed E-state index contributed by atoms with van der Waals surface area (Å²) in [6, 6.07) is 14.7. The summed E-state index contributed by atoms with van der Waals surface area (Å²) >= 11 is 7.73. The van der Waals surface area contributed by atoms with Gasteiger partial charge in [0, 0.05) is 42.1 Å². The molecule has 5 nitrogen and oxygen atoms in total. The number of piperidine rings is 1. The molecule has 2 aromatic rings. The molecule has 1 N–H and O–H groups in total. The number of nitrogens with one attached hydrogen (secondary N) is 1. The van der Waals surface area contributed by atoms with E-state index in [0.29, 0.717) is 37.4 Å². The highest BCUT2D eigenvalue weighted by molar-refractivity contribution is 7.98. The summed E-state index contributed by atoms with van der Waals surface area (Å²) in [7, 11) is -3.49. The van der Waals surface area contributed by atoms with Crippen LogP contribution < -0.4 is 5.32 Å². The summed E-state index contributed by atoms with van der Waals surface area (Å²) < 4.78 is 27.0. The van der Waals surface area contributed by atoms with Crippen LogP contribution in [0.5, 0.6) is 0 Å². The molecule has 30 heavy (non-hydrogen) atoms. The second-order valence-electron chi connectivity index (χ2n) is 7.46. The molecule has 0 spiro atoms. The summed E-state index contributed by atoms with van der Waals surface area (Å²) in [6.07, 6.45) is 1.10. The third-order valence-electron chi connectivity index (χ3n) is 5.19. The van der Waals surface area contributed by atoms with Gasteiger partial charge in [-0.1, -0.05) is 41.4 Å². The van der Waals surface area contributed by atoms with E-state index in [1.54, 1.807) is 36.0 Å². The highest BCUT2D eigenvalue weighted by Crippen LogP contribution is 2.24. The van der Waals surface area contributed by atoms with E-state index < -0.39 is 10.0 Å². The van der Waals surface area contributed by atoms with E-state index in [4.69, 9.17) is 11.6 Å². The van der Waals surface area contributed by atoms with E-state index in [1.165, 1.54) is 9.87 Å². The molecule has 0 saturated carbocycles. The standard InChI is InChI=1S/C22H27ClN2O3S2/c1-17-5-7-21(8-6-17)30(27,28)25-12-9-19(10-13-25)22(26)24-11-14-29-16-18-3-2-4-20(23)15-18/h2-8,15,19H,9-14,16H2,1H3,(H,24,26). The predicted octanol–water partition coefficient (Wildman–Crippen LogP) is 4.10. The topological polar surface area (TPSA) is 66.5 Å². The normalized spacial score (nSPS) is 15.8. The van der Waals surface area contributed by atoms with Crippen LogP contribution in [0.1, 0.15) is 24.0 Å². The number of carbonyl (C=O) groups excluding carboxylic acids is 1. The lowest BCUT2D eigenvalue weighted by Crippen LogP contribution is -2.43. The van der Waals surface area contributed by atoms with E-state index in [2.05, 4.69) is 5.32 Å². The van der Waals surface area contributed by atoms with Crippen molar-refractivity contribution in [3.63, 3.8) is 0 Å². The van der Waals surface area contributed by atoms with Crippen LogP contribution in [0.4, 0.5) is 0 Å². The van der Waals surface area contributed by atoms with Gasteiger partial charge in [-0.25, -0.2) is 8.42 Å². The third kappa shape index (κ3) is 6.23. The summed E-state index contributed by atoms with van der Waals surface area (Å²) in [6.45, 7) is 3.28. The molecular weight excluding hydrogens is 440 g/mol. The third-order valence-corrected chi connectivity index (χ3v) is 8.37. The van der Waals surface area contributed by atoms with E-state index in [9.17, 15) is 13.2 Å². The first-order valence-corrected chi connectivity index (χ1v) is 13.0. The highest BCUT2D eigenvalue weighted by atomic mass is 35.5. The largest absolute Gasteiger partial charge is 0.355 e. The van der Waals surface area contributed by atoms with E-state index in [1.807, 2.05) is 31.2 Å². The molecule has 162 valence electrons. The van der Waals surface area contributed by atoms with Crippen molar-refractivity contribution in [1.82, 2.24) is 9.62 Å². The molecule has 0 bridgehead atoms. The van der Waals surface area contributed by atoms with E-state index >= 15 is 0 Å². The van der Waals surface area contributed by atoms with Crippen LogP contribution in [0.25, 0.3) is 0 Å². The van der Waals surface area contributed by atoms with Crippen LogP contribution in [0.2, 0.25) is 5.02 Å². The number of aryl methyl sites for hydroxylation is 1. The van der Waals surface area contributed by atoms with Crippen molar-refractivity contribution in [2.75, 3.05) is 25.4 Å². The lowest BCUT2D eigenvalue weighted by atomic mass is 9.97. The molecule has 3 rings (SSSR count). The Morgan fingerprint density at radius 1 is 1.17 bits per heavy atom. The Hall–Kier alpha value is -1.54. The highest BCUT2D eigenvalue weighted by Gasteiger charge is 2.31. The molecular formula is C22H27ClN2O3S2. The van der Waals surface area contributed by atoms with Crippen molar-refractivity contribution < 1.29 is 13.2 Å². The molecule has 1 heterocycles. The maximum absolute atomic E-state index is 12.8. The van der Waals surface area contributed by atoms with E-state index in [-0.39, 0.29) is 11.8 Å². The average Bonchev–Trinajstić information content (AvgIpc) is 2.74. The van der Waals surface area contributed by atoms with Gasteiger partial charge in [0.2, 0.25) is 15.9 Å².